The first-order valence-electron chi connectivity index (χ1n) is 6.99. The number of rotatable bonds is 8. The van der Waals surface area contributed by atoms with Gasteiger partial charge in [-0.1, -0.05) is 12.8 Å². The Morgan fingerprint density at radius 1 is 1.05 bits per heavy atom. The molecule has 2 amide bonds. The first-order valence-corrected chi connectivity index (χ1v) is 6.99. The third kappa shape index (κ3) is 5.84. The summed E-state index contributed by atoms with van der Waals surface area (Å²) in [4.78, 5) is 23.1. The lowest BCUT2D eigenvalue weighted by molar-refractivity contribution is -0.116. The highest BCUT2D eigenvalue weighted by molar-refractivity contribution is 5.95. The van der Waals surface area contributed by atoms with Crippen molar-refractivity contribution in [2.24, 2.45) is 5.73 Å². The molecule has 1 aromatic carbocycles. The summed E-state index contributed by atoms with van der Waals surface area (Å²) in [7, 11) is 1.59. The van der Waals surface area contributed by atoms with Crippen molar-refractivity contribution in [1.29, 1.82) is 0 Å². The van der Waals surface area contributed by atoms with E-state index >= 15 is 0 Å². The molecule has 0 saturated carbocycles. The van der Waals surface area contributed by atoms with Gasteiger partial charge in [-0.15, -0.1) is 0 Å². The van der Waals surface area contributed by atoms with Crippen LogP contribution in [0.4, 0.5) is 5.69 Å². The van der Waals surface area contributed by atoms with Crippen LogP contribution in [0, 0.1) is 0 Å². The van der Waals surface area contributed by atoms with E-state index in [1.807, 2.05) is 0 Å². The van der Waals surface area contributed by atoms with Gasteiger partial charge < -0.3 is 16.4 Å². The molecule has 0 aliphatic rings. The molecule has 0 fully saturated rings. The van der Waals surface area contributed by atoms with E-state index in [-0.39, 0.29) is 11.8 Å². The standard InChI is InChI=1S/C15H23N3O2/c1-17-15(20)12-7-9-13(10-8-12)18-14(19)6-4-2-3-5-11-16/h7-10H,2-6,11,16H2,1H3,(H,17,20)(H,18,19). The Morgan fingerprint density at radius 3 is 2.30 bits per heavy atom. The fourth-order valence-corrected chi connectivity index (χ4v) is 1.86. The fourth-order valence-electron chi connectivity index (χ4n) is 1.86. The molecule has 0 radical (unpaired) electrons. The molecule has 0 spiro atoms. The van der Waals surface area contributed by atoms with Crippen molar-refractivity contribution >= 4 is 17.5 Å². The lowest BCUT2D eigenvalue weighted by atomic mass is 10.1. The van der Waals surface area contributed by atoms with Crippen LogP contribution in [0.5, 0.6) is 0 Å². The number of benzene rings is 1. The van der Waals surface area contributed by atoms with Crippen molar-refractivity contribution in [3.8, 4) is 0 Å². The smallest absolute Gasteiger partial charge is 0.251 e. The Labute approximate surface area is 119 Å². The first kappa shape index (κ1) is 16.2. The molecule has 4 N–H and O–H groups in total. The van der Waals surface area contributed by atoms with E-state index in [4.69, 9.17) is 5.73 Å². The Morgan fingerprint density at radius 2 is 1.70 bits per heavy atom. The molecule has 0 bridgehead atoms. The monoisotopic (exact) mass is 277 g/mol. The first-order chi connectivity index (χ1) is 9.67. The Balaban J connectivity index is 2.33. The minimum Gasteiger partial charge on any atom is -0.355 e. The summed E-state index contributed by atoms with van der Waals surface area (Å²) in [6.45, 7) is 0.712. The van der Waals surface area contributed by atoms with Gasteiger partial charge in [0.1, 0.15) is 0 Å². The number of amides is 2. The molecule has 5 nitrogen and oxygen atoms in total. The Bertz CT molecular complexity index is 429. The van der Waals surface area contributed by atoms with Crippen LogP contribution in [-0.2, 0) is 4.79 Å². The largest absolute Gasteiger partial charge is 0.355 e. The topological polar surface area (TPSA) is 84.2 Å². The average molecular weight is 277 g/mol. The summed E-state index contributed by atoms with van der Waals surface area (Å²) in [6.07, 6.45) is 4.51. The minimum atomic E-state index is -0.136. The Kier molecular flexibility index (Phi) is 7.35. The van der Waals surface area contributed by atoms with Gasteiger partial charge in [0.2, 0.25) is 5.91 Å². The molecule has 20 heavy (non-hydrogen) atoms. The summed E-state index contributed by atoms with van der Waals surface area (Å²) < 4.78 is 0. The van der Waals surface area contributed by atoms with Crippen LogP contribution in [-0.4, -0.2) is 25.4 Å². The number of carbonyl (C=O) groups is 2. The van der Waals surface area contributed by atoms with Crippen molar-refractivity contribution in [2.45, 2.75) is 32.1 Å². The van der Waals surface area contributed by atoms with Crippen molar-refractivity contribution in [2.75, 3.05) is 18.9 Å². The highest BCUT2D eigenvalue weighted by Crippen LogP contribution is 2.11. The average Bonchev–Trinajstić information content (AvgIpc) is 2.47. The zero-order chi connectivity index (χ0) is 14.8. The van der Waals surface area contributed by atoms with Crippen molar-refractivity contribution in [1.82, 2.24) is 5.32 Å². The maximum atomic E-state index is 11.7. The molecule has 0 aliphatic heterocycles. The van der Waals surface area contributed by atoms with Gasteiger partial charge in [-0.25, -0.2) is 0 Å². The van der Waals surface area contributed by atoms with Crippen LogP contribution in [0.1, 0.15) is 42.5 Å². The predicted molar refractivity (Wildman–Crippen MR) is 80.6 cm³/mol. The van der Waals surface area contributed by atoms with E-state index in [0.29, 0.717) is 24.2 Å². The van der Waals surface area contributed by atoms with Gasteiger partial charge in [-0.2, -0.15) is 0 Å². The molecule has 0 heterocycles. The zero-order valence-electron chi connectivity index (χ0n) is 11.9. The second-order valence-electron chi connectivity index (χ2n) is 4.66. The van der Waals surface area contributed by atoms with Crippen LogP contribution >= 0.6 is 0 Å². The molecule has 0 aromatic heterocycles. The fraction of sp³-hybridized carbons (Fsp3) is 0.467. The van der Waals surface area contributed by atoms with Gasteiger partial charge >= 0.3 is 0 Å². The van der Waals surface area contributed by atoms with Crippen LogP contribution in [0.15, 0.2) is 24.3 Å². The Hall–Kier alpha value is -1.88. The molecule has 0 atom stereocenters. The van der Waals surface area contributed by atoms with Crippen molar-refractivity contribution in [3.63, 3.8) is 0 Å². The third-order valence-electron chi connectivity index (χ3n) is 3.02. The lowest BCUT2D eigenvalue weighted by Crippen LogP contribution is -2.17. The molecular weight excluding hydrogens is 254 g/mol. The normalized spacial score (nSPS) is 10.1. The number of nitrogens with two attached hydrogens (primary N) is 1. The highest BCUT2D eigenvalue weighted by Gasteiger charge is 2.05. The maximum Gasteiger partial charge on any atom is 0.251 e. The maximum absolute atomic E-state index is 11.7. The second kappa shape index (κ2) is 9.09. The number of nitrogens with one attached hydrogen (secondary N) is 2. The SMILES string of the molecule is CNC(=O)c1ccc(NC(=O)CCCCCCN)cc1. The molecule has 0 aliphatic carbocycles. The number of hydrogen-bond acceptors (Lipinski definition) is 3. The number of carbonyl (C=O) groups excluding carboxylic acids is 2. The summed E-state index contributed by atoms with van der Waals surface area (Å²) in [5, 5.41) is 5.37. The molecule has 1 rings (SSSR count). The third-order valence-corrected chi connectivity index (χ3v) is 3.02. The number of unbranched alkanes of at least 4 members (excludes halogenated alkanes) is 3. The van der Waals surface area contributed by atoms with Crippen LogP contribution in [0.25, 0.3) is 0 Å². The van der Waals surface area contributed by atoms with E-state index in [2.05, 4.69) is 10.6 Å². The van der Waals surface area contributed by atoms with E-state index in [9.17, 15) is 9.59 Å². The molecule has 5 heteroatoms. The van der Waals surface area contributed by atoms with Gasteiger partial charge in [0, 0.05) is 24.7 Å². The van der Waals surface area contributed by atoms with E-state index in [1.165, 1.54) is 0 Å². The van der Waals surface area contributed by atoms with Gasteiger partial charge in [-0.3, -0.25) is 9.59 Å². The summed E-state index contributed by atoms with van der Waals surface area (Å²) >= 11 is 0. The summed E-state index contributed by atoms with van der Waals surface area (Å²) in [5.41, 5.74) is 6.70. The van der Waals surface area contributed by atoms with Gasteiger partial charge in [-0.05, 0) is 43.7 Å². The van der Waals surface area contributed by atoms with E-state index in [1.54, 1.807) is 31.3 Å². The second-order valence-corrected chi connectivity index (χ2v) is 4.66. The lowest BCUT2D eigenvalue weighted by Gasteiger charge is -2.06. The molecule has 1 aromatic rings. The van der Waals surface area contributed by atoms with Crippen molar-refractivity contribution < 1.29 is 9.59 Å². The van der Waals surface area contributed by atoms with E-state index < -0.39 is 0 Å². The highest BCUT2D eigenvalue weighted by atomic mass is 16.2. The molecular formula is C15H23N3O2. The number of anilines is 1. The summed E-state index contributed by atoms with van der Waals surface area (Å²) in [6, 6.07) is 6.85. The van der Waals surface area contributed by atoms with Crippen molar-refractivity contribution in [3.05, 3.63) is 29.8 Å². The molecule has 0 saturated heterocycles. The molecule has 110 valence electrons. The van der Waals surface area contributed by atoms with Gasteiger partial charge in [0.15, 0.2) is 0 Å². The van der Waals surface area contributed by atoms with Gasteiger partial charge in [0.25, 0.3) is 5.91 Å². The minimum absolute atomic E-state index is 0.00504. The zero-order valence-corrected chi connectivity index (χ0v) is 11.9. The van der Waals surface area contributed by atoms with Gasteiger partial charge in [0.05, 0.1) is 0 Å². The predicted octanol–water partition coefficient (Wildman–Crippen LogP) is 1.89. The van der Waals surface area contributed by atoms with Crippen LogP contribution in [0.3, 0.4) is 0 Å². The summed E-state index contributed by atoms with van der Waals surface area (Å²) in [5.74, 6) is -0.131. The number of hydrogen-bond donors (Lipinski definition) is 3. The van der Waals surface area contributed by atoms with Crippen LogP contribution < -0.4 is 16.4 Å². The van der Waals surface area contributed by atoms with E-state index in [0.717, 1.165) is 25.7 Å². The quantitative estimate of drug-likeness (QED) is 0.634. The van der Waals surface area contributed by atoms with Crippen LogP contribution in [0.2, 0.25) is 0 Å². The molecule has 0 unspecified atom stereocenters.